The zero-order valence-corrected chi connectivity index (χ0v) is 26.1. The summed E-state index contributed by atoms with van der Waals surface area (Å²) in [6.45, 7) is 15.7. The van der Waals surface area contributed by atoms with Crippen LogP contribution in [-0.2, 0) is 4.74 Å². The molecule has 1 rings (SSSR count). The maximum atomic E-state index is 10.9. The lowest BCUT2D eigenvalue weighted by atomic mass is 9.84. The maximum Gasteiger partial charge on any atom is 0.121 e. The van der Waals surface area contributed by atoms with Crippen LogP contribution in [0.1, 0.15) is 145 Å². The molecule has 1 aliphatic carbocycles. The molecule has 0 fully saturated rings. The van der Waals surface area contributed by atoms with Crippen molar-refractivity contribution < 1.29 is 14.9 Å². The molecule has 0 heterocycles. The zero-order valence-electron chi connectivity index (χ0n) is 26.1. The molecule has 2 N–H and O–H groups in total. The quantitative estimate of drug-likeness (QED) is 0.0883. The highest BCUT2D eigenvalue weighted by Gasteiger charge is 2.26. The summed E-state index contributed by atoms with van der Waals surface area (Å²) >= 11 is 0. The van der Waals surface area contributed by atoms with Crippen LogP contribution in [0.25, 0.3) is 0 Å². The average molecular weight is 530 g/mol. The molecule has 0 radical (unpaired) electrons. The Labute approximate surface area is 236 Å². The van der Waals surface area contributed by atoms with Crippen LogP contribution in [0.15, 0.2) is 40.7 Å². The molecule has 0 aromatic heterocycles. The smallest absolute Gasteiger partial charge is 0.121 e. The van der Waals surface area contributed by atoms with Gasteiger partial charge < -0.3 is 21.0 Å². The molecule has 0 aromatic rings. The van der Waals surface area contributed by atoms with Crippen molar-refractivity contribution in [1.82, 2.24) is 0 Å². The van der Waals surface area contributed by atoms with Crippen molar-refractivity contribution >= 4 is 0 Å². The predicted molar refractivity (Wildman–Crippen MR) is 164 cm³/mol. The number of hydrogen-bond donors (Lipinski definition) is 2. The van der Waals surface area contributed by atoms with Crippen molar-refractivity contribution in [3.63, 3.8) is 0 Å². The van der Waals surface area contributed by atoms with Crippen molar-refractivity contribution in [2.24, 2.45) is 11.8 Å². The van der Waals surface area contributed by atoms with Crippen molar-refractivity contribution in [1.29, 1.82) is 0 Å². The molecular weight excluding hydrogens is 468 g/mol. The summed E-state index contributed by atoms with van der Waals surface area (Å²) < 4.78 is 6.33. The van der Waals surface area contributed by atoms with Gasteiger partial charge in [-0.15, -0.1) is 0 Å². The molecule has 0 spiro atoms. The SMILES string of the molecule is C[C-]=CC/C=C(\C)CCCC(C)(O)CCCC(C)CCC1=CC(O)C(C)C(C)=C1OCCCCCCCC. The summed E-state index contributed by atoms with van der Waals surface area (Å²) in [5, 5.41) is 21.5. The second kappa shape index (κ2) is 19.7. The van der Waals surface area contributed by atoms with E-state index in [0.29, 0.717) is 5.92 Å². The van der Waals surface area contributed by atoms with Gasteiger partial charge in [0, 0.05) is 5.92 Å². The summed E-state index contributed by atoms with van der Waals surface area (Å²) in [4.78, 5) is 0. The van der Waals surface area contributed by atoms with Gasteiger partial charge in [0.25, 0.3) is 0 Å². The molecule has 0 bridgehead atoms. The van der Waals surface area contributed by atoms with Gasteiger partial charge in [-0.2, -0.15) is 6.92 Å². The highest BCUT2D eigenvalue weighted by Crippen LogP contribution is 2.34. The first-order chi connectivity index (χ1) is 18.1. The number of rotatable bonds is 21. The van der Waals surface area contributed by atoms with Gasteiger partial charge in [0.05, 0.1) is 18.3 Å². The van der Waals surface area contributed by atoms with E-state index in [0.717, 1.165) is 76.6 Å². The van der Waals surface area contributed by atoms with Gasteiger partial charge in [0.2, 0.25) is 0 Å². The molecule has 1 aliphatic rings. The van der Waals surface area contributed by atoms with E-state index < -0.39 is 11.7 Å². The first kappa shape index (κ1) is 34.7. The van der Waals surface area contributed by atoms with E-state index in [1.807, 2.05) is 19.9 Å². The Morgan fingerprint density at radius 1 is 1.11 bits per heavy atom. The van der Waals surface area contributed by atoms with Crippen LogP contribution in [-0.4, -0.2) is 28.5 Å². The van der Waals surface area contributed by atoms with Crippen molar-refractivity contribution in [2.75, 3.05) is 6.61 Å². The molecule has 4 unspecified atom stereocenters. The maximum absolute atomic E-state index is 10.9. The molecule has 4 atom stereocenters. The van der Waals surface area contributed by atoms with Crippen LogP contribution < -0.4 is 0 Å². The molecule has 0 saturated heterocycles. The Kier molecular flexibility index (Phi) is 18.0. The third-order valence-corrected chi connectivity index (χ3v) is 8.35. The van der Waals surface area contributed by atoms with E-state index in [-0.39, 0.29) is 5.92 Å². The second-order valence-electron chi connectivity index (χ2n) is 12.3. The lowest BCUT2D eigenvalue weighted by Crippen LogP contribution is -2.24. The molecule has 0 saturated carbocycles. The fourth-order valence-electron chi connectivity index (χ4n) is 5.33. The molecule has 38 heavy (non-hydrogen) atoms. The minimum absolute atomic E-state index is 0.115. The Morgan fingerprint density at radius 3 is 2.50 bits per heavy atom. The Balaban J connectivity index is 2.43. The average Bonchev–Trinajstić information content (AvgIpc) is 2.86. The van der Waals surface area contributed by atoms with Crippen LogP contribution >= 0.6 is 0 Å². The van der Waals surface area contributed by atoms with Gasteiger partial charge in [-0.25, -0.2) is 0 Å². The Morgan fingerprint density at radius 2 is 1.79 bits per heavy atom. The van der Waals surface area contributed by atoms with E-state index >= 15 is 0 Å². The lowest BCUT2D eigenvalue weighted by molar-refractivity contribution is 0.0365. The monoisotopic (exact) mass is 529 g/mol. The van der Waals surface area contributed by atoms with Crippen molar-refractivity contribution in [2.45, 2.75) is 156 Å². The highest BCUT2D eigenvalue weighted by molar-refractivity contribution is 5.37. The number of hydrogen-bond acceptors (Lipinski definition) is 3. The largest absolute Gasteiger partial charge is 0.503 e. The fourth-order valence-corrected chi connectivity index (χ4v) is 5.33. The van der Waals surface area contributed by atoms with E-state index in [1.165, 1.54) is 48.8 Å². The summed E-state index contributed by atoms with van der Waals surface area (Å²) in [5.74, 6) is 1.74. The van der Waals surface area contributed by atoms with Gasteiger partial charge in [0.1, 0.15) is 5.76 Å². The van der Waals surface area contributed by atoms with Crippen molar-refractivity contribution in [3.05, 3.63) is 46.8 Å². The van der Waals surface area contributed by atoms with Gasteiger partial charge in [-0.1, -0.05) is 77.4 Å². The van der Waals surface area contributed by atoms with Crippen LogP contribution in [0.5, 0.6) is 0 Å². The number of unbranched alkanes of at least 4 members (excludes halogenated alkanes) is 5. The Hall–Kier alpha value is -1.32. The van der Waals surface area contributed by atoms with Gasteiger partial charge in [-0.3, -0.25) is 6.08 Å². The third-order valence-electron chi connectivity index (χ3n) is 8.35. The molecule has 0 amide bonds. The standard InChI is InChI=1S/C35H61O3/c1-8-10-12-13-14-16-26-38-34-31(6)30(5)33(36)27-32(34)23-22-29(4)21-18-25-35(7,37)24-17-20-28(3)19-15-11-9-2/h11,19,27,29-30,33,36-37H,8,10,12-18,20-26H2,1-7H3/q-1/b28-19+. The summed E-state index contributed by atoms with van der Waals surface area (Å²) in [7, 11) is 0. The molecule has 0 aromatic carbocycles. The van der Waals surface area contributed by atoms with E-state index in [2.05, 4.69) is 52.8 Å². The van der Waals surface area contributed by atoms with Crippen LogP contribution in [0, 0.1) is 17.9 Å². The predicted octanol–water partition coefficient (Wildman–Crippen LogP) is 9.80. The first-order valence-corrected chi connectivity index (χ1v) is 15.7. The third kappa shape index (κ3) is 14.7. The number of aliphatic hydroxyl groups is 2. The topological polar surface area (TPSA) is 49.7 Å². The summed E-state index contributed by atoms with van der Waals surface area (Å²) in [6.07, 6.45) is 25.5. The molecule has 220 valence electrons. The Bertz CT molecular complexity index is 755. The van der Waals surface area contributed by atoms with Crippen LogP contribution in [0.3, 0.4) is 0 Å². The first-order valence-electron chi connectivity index (χ1n) is 15.7. The van der Waals surface area contributed by atoms with E-state index in [1.54, 1.807) is 0 Å². The minimum Gasteiger partial charge on any atom is -0.503 e. The van der Waals surface area contributed by atoms with E-state index in [9.17, 15) is 10.2 Å². The number of ether oxygens (including phenoxy) is 1. The highest BCUT2D eigenvalue weighted by atomic mass is 16.5. The minimum atomic E-state index is -0.583. The molecular formula is C35H61O3-. The van der Waals surface area contributed by atoms with Gasteiger partial charge in [-0.05, 0) is 95.3 Å². The summed E-state index contributed by atoms with van der Waals surface area (Å²) in [5.41, 5.74) is 3.20. The van der Waals surface area contributed by atoms with Crippen LogP contribution in [0.2, 0.25) is 0 Å². The normalized spacial score (nSPS) is 21.1. The molecule has 0 aliphatic heterocycles. The van der Waals surface area contributed by atoms with Crippen LogP contribution in [0.4, 0.5) is 0 Å². The summed E-state index contributed by atoms with van der Waals surface area (Å²) in [6, 6.07) is 0. The fraction of sp³-hybridized carbons (Fsp3) is 0.771. The molecule has 3 heteroatoms. The number of aliphatic hydroxyl groups excluding tert-OH is 1. The van der Waals surface area contributed by atoms with E-state index in [4.69, 9.17) is 4.74 Å². The lowest BCUT2D eigenvalue weighted by Gasteiger charge is -2.29. The van der Waals surface area contributed by atoms with Crippen molar-refractivity contribution in [3.8, 4) is 0 Å². The van der Waals surface area contributed by atoms with Gasteiger partial charge in [0.15, 0.2) is 0 Å². The molecule has 3 nitrogen and oxygen atoms in total. The second-order valence-corrected chi connectivity index (χ2v) is 12.3. The zero-order chi connectivity index (χ0) is 28.4. The van der Waals surface area contributed by atoms with Gasteiger partial charge >= 0.3 is 0 Å². The number of allylic oxidation sites excluding steroid dienone is 5.